The number of morpholine rings is 1. The fourth-order valence-corrected chi connectivity index (χ4v) is 2.96. The van der Waals surface area contributed by atoms with Crippen molar-refractivity contribution in [3.05, 3.63) is 42.0 Å². The van der Waals surface area contributed by atoms with Gasteiger partial charge in [0.25, 0.3) is 0 Å². The summed E-state index contributed by atoms with van der Waals surface area (Å²) < 4.78 is 5.68. The van der Waals surface area contributed by atoms with Gasteiger partial charge in [-0.1, -0.05) is 24.3 Å². The zero-order chi connectivity index (χ0) is 15.0. The number of nitrogens with zero attached hydrogens (tertiary/aromatic N) is 1. The van der Waals surface area contributed by atoms with E-state index in [9.17, 15) is 9.90 Å². The lowest BCUT2D eigenvalue weighted by Gasteiger charge is -2.39. The molecule has 2 aromatic rings. The number of carboxylic acids is 1. The molecule has 0 aliphatic carbocycles. The van der Waals surface area contributed by atoms with Gasteiger partial charge in [-0.25, -0.2) is 4.79 Å². The predicted molar refractivity (Wildman–Crippen MR) is 83.1 cm³/mol. The minimum atomic E-state index is -0.888. The van der Waals surface area contributed by atoms with Gasteiger partial charge in [-0.05, 0) is 31.4 Å². The molecule has 0 saturated carbocycles. The minimum absolute atomic E-state index is 0.180. The number of fused-ring (bicyclic) bond motifs is 1. The molecule has 4 heteroatoms. The van der Waals surface area contributed by atoms with Crippen LogP contribution in [-0.2, 0) is 4.74 Å². The predicted octanol–water partition coefficient (Wildman–Crippen LogP) is 3.15. The second-order valence-electron chi connectivity index (χ2n) is 5.63. The third-order valence-corrected chi connectivity index (χ3v) is 4.05. The van der Waals surface area contributed by atoms with Crippen LogP contribution in [-0.4, -0.2) is 36.4 Å². The molecular formula is C17H19NO3. The highest BCUT2D eigenvalue weighted by Crippen LogP contribution is 2.32. The highest BCUT2D eigenvalue weighted by molar-refractivity contribution is 6.07. The average molecular weight is 285 g/mol. The van der Waals surface area contributed by atoms with Crippen LogP contribution in [0.25, 0.3) is 10.8 Å². The van der Waals surface area contributed by atoms with Crippen molar-refractivity contribution in [1.29, 1.82) is 0 Å². The van der Waals surface area contributed by atoms with E-state index in [1.807, 2.05) is 30.3 Å². The summed E-state index contributed by atoms with van der Waals surface area (Å²) >= 11 is 0. The van der Waals surface area contributed by atoms with Gasteiger partial charge in [0.15, 0.2) is 0 Å². The van der Waals surface area contributed by atoms with Crippen LogP contribution in [0.5, 0.6) is 0 Å². The molecule has 110 valence electrons. The van der Waals surface area contributed by atoms with Crippen LogP contribution in [0.1, 0.15) is 24.2 Å². The lowest BCUT2D eigenvalue weighted by molar-refractivity contribution is 0.0345. The van der Waals surface area contributed by atoms with Crippen molar-refractivity contribution in [3.8, 4) is 0 Å². The quantitative estimate of drug-likeness (QED) is 0.921. The van der Waals surface area contributed by atoms with Crippen molar-refractivity contribution < 1.29 is 14.6 Å². The second-order valence-corrected chi connectivity index (χ2v) is 5.63. The van der Waals surface area contributed by atoms with E-state index in [4.69, 9.17) is 4.74 Å². The van der Waals surface area contributed by atoms with E-state index in [2.05, 4.69) is 18.7 Å². The Morgan fingerprint density at radius 1 is 1.19 bits per heavy atom. The van der Waals surface area contributed by atoms with Crippen LogP contribution in [0.2, 0.25) is 0 Å². The van der Waals surface area contributed by atoms with Crippen LogP contribution in [0.3, 0.4) is 0 Å². The third kappa shape index (κ3) is 2.47. The Balaban J connectivity index is 2.15. The van der Waals surface area contributed by atoms with Crippen molar-refractivity contribution in [1.82, 2.24) is 0 Å². The Hall–Kier alpha value is -2.07. The zero-order valence-electron chi connectivity index (χ0n) is 12.2. The molecule has 4 nitrogen and oxygen atoms in total. The van der Waals surface area contributed by atoms with Gasteiger partial charge in [0.2, 0.25) is 0 Å². The Kier molecular flexibility index (Phi) is 3.55. The summed E-state index contributed by atoms with van der Waals surface area (Å²) in [6, 6.07) is 11.6. The first kappa shape index (κ1) is 13.9. The molecule has 2 atom stereocenters. The topological polar surface area (TPSA) is 49.8 Å². The lowest BCUT2D eigenvalue weighted by atomic mass is 10.0. The summed E-state index contributed by atoms with van der Waals surface area (Å²) in [5.74, 6) is -0.888. The van der Waals surface area contributed by atoms with E-state index in [1.165, 1.54) is 0 Å². The number of benzene rings is 2. The SMILES string of the molecule is CC1CN(c2ccc(C(=O)O)c3ccccc23)C(C)CO1. The summed E-state index contributed by atoms with van der Waals surface area (Å²) in [5.41, 5.74) is 1.43. The molecule has 2 unspecified atom stereocenters. The highest BCUT2D eigenvalue weighted by Gasteiger charge is 2.25. The van der Waals surface area contributed by atoms with Gasteiger partial charge in [-0.15, -0.1) is 0 Å². The largest absolute Gasteiger partial charge is 0.478 e. The normalized spacial score (nSPS) is 22.5. The van der Waals surface area contributed by atoms with Crippen LogP contribution in [0.15, 0.2) is 36.4 Å². The molecule has 1 saturated heterocycles. The van der Waals surface area contributed by atoms with Crippen LogP contribution in [0.4, 0.5) is 5.69 Å². The van der Waals surface area contributed by atoms with Gasteiger partial charge < -0.3 is 14.7 Å². The van der Waals surface area contributed by atoms with Crippen molar-refractivity contribution in [2.75, 3.05) is 18.1 Å². The molecule has 0 spiro atoms. The maximum Gasteiger partial charge on any atom is 0.336 e. The molecule has 1 heterocycles. The van der Waals surface area contributed by atoms with Crippen molar-refractivity contribution in [3.63, 3.8) is 0 Å². The van der Waals surface area contributed by atoms with E-state index in [0.717, 1.165) is 23.0 Å². The Morgan fingerprint density at radius 2 is 1.90 bits per heavy atom. The molecule has 1 aliphatic heterocycles. The monoisotopic (exact) mass is 285 g/mol. The number of hydrogen-bond donors (Lipinski definition) is 1. The van der Waals surface area contributed by atoms with Gasteiger partial charge in [-0.3, -0.25) is 0 Å². The fourth-order valence-electron chi connectivity index (χ4n) is 2.96. The number of hydrogen-bond acceptors (Lipinski definition) is 3. The molecule has 2 aromatic carbocycles. The number of rotatable bonds is 2. The number of carboxylic acid groups (broad SMARTS) is 1. The molecule has 0 aromatic heterocycles. The minimum Gasteiger partial charge on any atom is -0.478 e. The molecule has 0 amide bonds. The number of aromatic carboxylic acids is 1. The van der Waals surface area contributed by atoms with Crippen molar-refractivity contribution in [2.45, 2.75) is 26.0 Å². The summed E-state index contributed by atoms with van der Waals surface area (Å²) in [5, 5.41) is 11.1. The van der Waals surface area contributed by atoms with E-state index < -0.39 is 5.97 Å². The summed E-state index contributed by atoms with van der Waals surface area (Å²) in [4.78, 5) is 13.7. The molecule has 21 heavy (non-hydrogen) atoms. The first-order valence-corrected chi connectivity index (χ1v) is 7.21. The standard InChI is InChI=1S/C17H19NO3/c1-11-10-21-12(2)9-18(11)16-8-7-15(17(19)20)13-5-3-4-6-14(13)16/h3-8,11-12H,9-10H2,1-2H3,(H,19,20). The second kappa shape index (κ2) is 5.37. The van der Waals surface area contributed by atoms with Gasteiger partial charge in [-0.2, -0.15) is 0 Å². The van der Waals surface area contributed by atoms with Crippen LogP contribution >= 0.6 is 0 Å². The van der Waals surface area contributed by atoms with Crippen LogP contribution in [0, 0.1) is 0 Å². The van der Waals surface area contributed by atoms with E-state index >= 15 is 0 Å². The van der Waals surface area contributed by atoms with Crippen molar-refractivity contribution in [2.24, 2.45) is 0 Å². The zero-order valence-corrected chi connectivity index (χ0v) is 12.2. The van der Waals surface area contributed by atoms with Crippen LogP contribution < -0.4 is 4.90 Å². The van der Waals surface area contributed by atoms with Crippen molar-refractivity contribution >= 4 is 22.4 Å². The summed E-state index contributed by atoms with van der Waals surface area (Å²) in [7, 11) is 0. The maximum absolute atomic E-state index is 11.4. The smallest absolute Gasteiger partial charge is 0.336 e. The first-order valence-electron chi connectivity index (χ1n) is 7.21. The molecule has 1 N–H and O–H groups in total. The molecular weight excluding hydrogens is 266 g/mol. The highest BCUT2D eigenvalue weighted by atomic mass is 16.5. The summed E-state index contributed by atoms with van der Waals surface area (Å²) in [6.45, 7) is 5.70. The lowest BCUT2D eigenvalue weighted by Crippen LogP contribution is -2.47. The molecule has 1 aliphatic rings. The van der Waals surface area contributed by atoms with Gasteiger partial charge in [0, 0.05) is 23.7 Å². The van der Waals surface area contributed by atoms with Gasteiger partial charge in [0.1, 0.15) is 0 Å². The Labute approximate surface area is 123 Å². The maximum atomic E-state index is 11.4. The summed E-state index contributed by atoms with van der Waals surface area (Å²) in [6.07, 6.45) is 0.180. The van der Waals surface area contributed by atoms with Gasteiger partial charge in [0.05, 0.1) is 18.3 Å². The Bertz CT molecular complexity index is 683. The van der Waals surface area contributed by atoms with E-state index in [0.29, 0.717) is 12.2 Å². The molecule has 1 fully saturated rings. The number of ether oxygens (including phenoxy) is 1. The molecule has 0 bridgehead atoms. The number of anilines is 1. The van der Waals surface area contributed by atoms with Gasteiger partial charge >= 0.3 is 5.97 Å². The van der Waals surface area contributed by atoms with E-state index in [-0.39, 0.29) is 12.1 Å². The molecule has 0 radical (unpaired) electrons. The average Bonchev–Trinajstić information content (AvgIpc) is 2.48. The number of carbonyl (C=O) groups is 1. The Morgan fingerprint density at radius 3 is 2.62 bits per heavy atom. The first-order chi connectivity index (χ1) is 10.1. The molecule has 3 rings (SSSR count). The van der Waals surface area contributed by atoms with E-state index in [1.54, 1.807) is 6.07 Å². The fraction of sp³-hybridized carbons (Fsp3) is 0.353. The third-order valence-electron chi connectivity index (χ3n) is 4.05.